The van der Waals surface area contributed by atoms with Gasteiger partial charge in [0.25, 0.3) is 0 Å². The van der Waals surface area contributed by atoms with Crippen LogP contribution >= 0.6 is 11.3 Å². The van der Waals surface area contributed by atoms with Gasteiger partial charge in [-0.1, -0.05) is 6.07 Å². The Bertz CT molecular complexity index is 392. The number of carbonyl (C=O) groups excluding carboxylic acids is 2. The number of rotatable bonds is 5. The van der Waals surface area contributed by atoms with Crippen molar-refractivity contribution in [3.05, 3.63) is 22.4 Å². The maximum absolute atomic E-state index is 11.7. The molecule has 3 amide bonds. The summed E-state index contributed by atoms with van der Waals surface area (Å²) in [6.45, 7) is 6.01. The summed E-state index contributed by atoms with van der Waals surface area (Å²) in [7, 11) is 0. The van der Waals surface area contributed by atoms with Crippen molar-refractivity contribution in [1.82, 2.24) is 16.0 Å². The molecule has 1 rings (SSSR count). The first-order valence-corrected chi connectivity index (χ1v) is 6.80. The van der Waals surface area contributed by atoms with Crippen molar-refractivity contribution >= 4 is 23.3 Å². The lowest BCUT2D eigenvalue weighted by Crippen LogP contribution is -2.48. The van der Waals surface area contributed by atoms with Crippen LogP contribution < -0.4 is 16.0 Å². The van der Waals surface area contributed by atoms with Gasteiger partial charge in [0.15, 0.2) is 0 Å². The van der Waals surface area contributed by atoms with Gasteiger partial charge < -0.3 is 5.32 Å². The molecule has 0 spiro atoms. The van der Waals surface area contributed by atoms with Crippen LogP contribution in [0.25, 0.3) is 0 Å². The molecule has 0 aliphatic carbocycles. The fraction of sp³-hybridized carbons (Fsp3) is 0.500. The highest BCUT2D eigenvalue weighted by Crippen LogP contribution is 2.18. The number of amides is 3. The molecule has 6 heteroatoms. The maximum atomic E-state index is 11.7. The van der Waals surface area contributed by atoms with E-state index in [0.717, 1.165) is 4.88 Å². The number of nitrogens with one attached hydrogen (secondary N) is 3. The first-order valence-electron chi connectivity index (χ1n) is 5.92. The summed E-state index contributed by atoms with van der Waals surface area (Å²) >= 11 is 1.63. The van der Waals surface area contributed by atoms with Crippen molar-refractivity contribution in [3.63, 3.8) is 0 Å². The molecule has 0 fully saturated rings. The van der Waals surface area contributed by atoms with Crippen molar-refractivity contribution < 1.29 is 9.59 Å². The smallest absolute Gasteiger partial charge is 0.321 e. The highest BCUT2D eigenvalue weighted by Gasteiger charge is 2.18. The van der Waals surface area contributed by atoms with Crippen LogP contribution in [0.15, 0.2) is 17.5 Å². The second-order valence-electron chi connectivity index (χ2n) is 3.97. The molecule has 0 saturated heterocycles. The third-order valence-electron chi connectivity index (χ3n) is 2.44. The van der Waals surface area contributed by atoms with Crippen LogP contribution in [0.3, 0.4) is 0 Å². The third kappa shape index (κ3) is 4.46. The molecule has 0 radical (unpaired) electrons. The van der Waals surface area contributed by atoms with Gasteiger partial charge in [-0.05, 0) is 32.2 Å². The Morgan fingerprint density at radius 1 is 1.39 bits per heavy atom. The van der Waals surface area contributed by atoms with Crippen molar-refractivity contribution in [3.8, 4) is 0 Å². The van der Waals surface area contributed by atoms with Gasteiger partial charge in [-0.2, -0.15) is 0 Å². The van der Waals surface area contributed by atoms with Gasteiger partial charge in [0, 0.05) is 17.5 Å². The Morgan fingerprint density at radius 2 is 2.11 bits per heavy atom. The Hall–Kier alpha value is -1.40. The van der Waals surface area contributed by atoms with E-state index >= 15 is 0 Å². The molecular formula is C12H19N3O2S. The van der Waals surface area contributed by atoms with Crippen LogP contribution in [0.5, 0.6) is 0 Å². The predicted molar refractivity (Wildman–Crippen MR) is 72.5 cm³/mol. The fourth-order valence-corrected chi connectivity index (χ4v) is 2.24. The number of hydrogen-bond donors (Lipinski definition) is 3. The molecule has 1 aromatic heterocycles. The second kappa shape index (κ2) is 7.13. The standard InChI is InChI=1S/C12H19N3O2S/c1-4-13-12(17)15-11(16)9(3)14-8(2)10-6-5-7-18-10/h5-9,14H,4H2,1-3H3,(H2,13,15,16,17)/t8-,9?/m1/s1. The Balaban J connectivity index is 2.42. The monoisotopic (exact) mass is 269 g/mol. The van der Waals surface area contributed by atoms with Crippen molar-refractivity contribution in [2.45, 2.75) is 32.9 Å². The summed E-state index contributed by atoms with van der Waals surface area (Å²) in [4.78, 5) is 24.1. The topological polar surface area (TPSA) is 70.2 Å². The number of carbonyl (C=O) groups is 2. The molecule has 0 saturated carbocycles. The predicted octanol–water partition coefficient (Wildman–Crippen LogP) is 1.63. The van der Waals surface area contributed by atoms with Crippen LogP contribution in [0.2, 0.25) is 0 Å². The first-order chi connectivity index (χ1) is 8.54. The molecule has 100 valence electrons. The Kier molecular flexibility index (Phi) is 5.80. The molecule has 0 aliphatic rings. The minimum absolute atomic E-state index is 0.0833. The fourth-order valence-electron chi connectivity index (χ4n) is 1.50. The van der Waals surface area contributed by atoms with E-state index < -0.39 is 12.1 Å². The van der Waals surface area contributed by atoms with E-state index in [1.165, 1.54) is 0 Å². The molecule has 5 nitrogen and oxygen atoms in total. The number of hydrogen-bond acceptors (Lipinski definition) is 4. The molecule has 2 atom stereocenters. The third-order valence-corrected chi connectivity index (χ3v) is 3.49. The van der Waals surface area contributed by atoms with Crippen LogP contribution in [-0.2, 0) is 4.79 Å². The van der Waals surface area contributed by atoms with Crippen LogP contribution in [0, 0.1) is 0 Å². The van der Waals surface area contributed by atoms with E-state index in [2.05, 4.69) is 16.0 Å². The van der Waals surface area contributed by atoms with Gasteiger partial charge in [-0.3, -0.25) is 15.4 Å². The molecule has 18 heavy (non-hydrogen) atoms. The van der Waals surface area contributed by atoms with Crippen LogP contribution in [-0.4, -0.2) is 24.5 Å². The SMILES string of the molecule is CCNC(=O)NC(=O)C(C)N[C@H](C)c1cccs1. The Labute approximate surface area is 111 Å². The lowest BCUT2D eigenvalue weighted by atomic mass is 10.2. The number of thiophene rings is 1. The van der Waals surface area contributed by atoms with E-state index in [0.29, 0.717) is 6.54 Å². The second-order valence-corrected chi connectivity index (χ2v) is 4.95. The number of urea groups is 1. The normalized spacial score (nSPS) is 13.7. The molecule has 1 heterocycles. The van der Waals surface area contributed by atoms with E-state index in [1.807, 2.05) is 24.4 Å². The zero-order valence-electron chi connectivity index (χ0n) is 10.8. The first kappa shape index (κ1) is 14.7. The summed E-state index contributed by atoms with van der Waals surface area (Å²) in [5.74, 6) is -0.329. The quantitative estimate of drug-likeness (QED) is 0.761. The average Bonchev–Trinajstić information content (AvgIpc) is 2.82. The van der Waals surface area contributed by atoms with Crippen molar-refractivity contribution in [2.24, 2.45) is 0 Å². The van der Waals surface area contributed by atoms with E-state index in [9.17, 15) is 9.59 Å². The zero-order valence-corrected chi connectivity index (χ0v) is 11.6. The molecule has 1 unspecified atom stereocenters. The highest BCUT2D eigenvalue weighted by molar-refractivity contribution is 7.10. The summed E-state index contributed by atoms with van der Waals surface area (Å²) in [6.07, 6.45) is 0. The minimum atomic E-state index is -0.458. The minimum Gasteiger partial charge on any atom is -0.338 e. The van der Waals surface area contributed by atoms with E-state index in [-0.39, 0.29) is 11.9 Å². The van der Waals surface area contributed by atoms with Gasteiger partial charge in [-0.15, -0.1) is 11.3 Å². The summed E-state index contributed by atoms with van der Waals surface area (Å²) in [6, 6.07) is 3.18. The molecule has 0 aliphatic heterocycles. The van der Waals surface area contributed by atoms with Gasteiger partial charge in [0.05, 0.1) is 6.04 Å². The zero-order chi connectivity index (χ0) is 13.5. The average molecular weight is 269 g/mol. The van der Waals surface area contributed by atoms with Gasteiger partial charge >= 0.3 is 6.03 Å². The summed E-state index contributed by atoms with van der Waals surface area (Å²) in [5, 5.41) is 9.94. The van der Waals surface area contributed by atoms with E-state index in [4.69, 9.17) is 0 Å². The molecular weight excluding hydrogens is 250 g/mol. The molecule has 3 N–H and O–H groups in total. The van der Waals surface area contributed by atoms with Crippen LogP contribution in [0.1, 0.15) is 31.7 Å². The molecule has 1 aromatic rings. The lowest BCUT2D eigenvalue weighted by molar-refractivity contribution is -0.121. The van der Waals surface area contributed by atoms with Crippen LogP contribution in [0.4, 0.5) is 4.79 Å². The van der Waals surface area contributed by atoms with Gasteiger partial charge in [0.2, 0.25) is 5.91 Å². The largest absolute Gasteiger partial charge is 0.338 e. The number of imide groups is 1. The lowest BCUT2D eigenvalue weighted by Gasteiger charge is -2.18. The molecule has 0 aromatic carbocycles. The van der Waals surface area contributed by atoms with E-state index in [1.54, 1.807) is 25.2 Å². The van der Waals surface area contributed by atoms with Gasteiger partial charge in [0.1, 0.15) is 0 Å². The molecule has 0 bridgehead atoms. The highest BCUT2D eigenvalue weighted by atomic mass is 32.1. The maximum Gasteiger partial charge on any atom is 0.321 e. The Morgan fingerprint density at radius 3 is 2.67 bits per heavy atom. The summed E-state index contributed by atoms with van der Waals surface area (Å²) < 4.78 is 0. The van der Waals surface area contributed by atoms with Crippen molar-refractivity contribution in [1.29, 1.82) is 0 Å². The van der Waals surface area contributed by atoms with Crippen molar-refractivity contribution in [2.75, 3.05) is 6.54 Å². The van der Waals surface area contributed by atoms with Gasteiger partial charge in [-0.25, -0.2) is 4.79 Å². The summed E-state index contributed by atoms with van der Waals surface area (Å²) in [5.41, 5.74) is 0.